The standard InChI is InChI=1S/C16H30N2O2/c1-2-5-14(6-3-1)16-12-18(8-4-7-17-16)11-15-13-19-9-10-20-15/h14-17H,1-13H2. The SMILES string of the molecule is C1CCC(C2CN(CC3COCCO3)CCCN2)CC1. The van der Waals surface area contributed by atoms with Crippen LogP contribution in [0.5, 0.6) is 0 Å². The summed E-state index contributed by atoms with van der Waals surface area (Å²) in [6, 6.07) is 0.697. The molecule has 0 bridgehead atoms. The average molecular weight is 282 g/mol. The highest BCUT2D eigenvalue weighted by atomic mass is 16.6. The summed E-state index contributed by atoms with van der Waals surface area (Å²) in [5.41, 5.74) is 0. The molecule has 3 rings (SSSR count). The Morgan fingerprint density at radius 3 is 2.75 bits per heavy atom. The van der Waals surface area contributed by atoms with E-state index in [2.05, 4.69) is 10.2 Å². The normalized spacial score (nSPS) is 34.8. The van der Waals surface area contributed by atoms with Gasteiger partial charge in [0.25, 0.3) is 0 Å². The molecule has 20 heavy (non-hydrogen) atoms. The van der Waals surface area contributed by atoms with Crippen LogP contribution in [0.3, 0.4) is 0 Å². The Hall–Kier alpha value is -0.160. The largest absolute Gasteiger partial charge is 0.376 e. The first-order valence-corrected chi connectivity index (χ1v) is 8.57. The highest BCUT2D eigenvalue weighted by molar-refractivity contribution is 4.85. The molecule has 2 aliphatic heterocycles. The maximum absolute atomic E-state index is 5.82. The van der Waals surface area contributed by atoms with Crippen molar-refractivity contribution in [2.75, 3.05) is 46.0 Å². The van der Waals surface area contributed by atoms with E-state index in [-0.39, 0.29) is 6.10 Å². The topological polar surface area (TPSA) is 33.7 Å². The van der Waals surface area contributed by atoms with Crippen LogP contribution in [0.4, 0.5) is 0 Å². The summed E-state index contributed by atoms with van der Waals surface area (Å²) in [6.45, 7) is 6.94. The Morgan fingerprint density at radius 2 is 1.95 bits per heavy atom. The van der Waals surface area contributed by atoms with Crippen molar-refractivity contribution in [1.82, 2.24) is 10.2 Å². The second kappa shape index (κ2) is 7.74. The van der Waals surface area contributed by atoms with Gasteiger partial charge in [-0.2, -0.15) is 0 Å². The molecule has 116 valence electrons. The van der Waals surface area contributed by atoms with Crippen molar-refractivity contribution in [2.24, 2.45) is 5.92 Å². The Kier molecular flexibility index (Phi) is 5.71. The van der Waals surface area contributed by atoms with Gasteiger partial charge in [0.15, 0.2) is 0 Å². The van der Waals surface area contributed by atoms with Crippen molar-refractivity contribution >= 4 is 0 Å². The summed E-state index contributed by atoms with van der Waals surface area (Å²) in [5.74, 6) is 0.896. The Bertz CT molecular complexity index is 276. The van der Waals surface area contributed by atoms with Crippen molar-refractivity contribution in [3.05, 3.63) is 0 Å². The molecular weight excluding hydrogens is 252 g/mol. The minimum atomic E-state index is 0.286. The molecule has 4 nitrogen and oxygen atoms in total. The lowest BCUT2D eigenvalue weighted by Gasteiger charge is -2.34. The van der Waals surface area contributed by atoms with Gasteiger partial charge in [0.1, 0.15) is 0 Å². The van der Waals surface area contributed by atoms with Crippen LogP contribution in [-0.2, 0) is 9.47 Å². The number of nitrogens with zero attached hydrogens (tertiary/aromatic N) is 1. The van der Waals surface area contributed by atoms with Crippen molar-refractivity contribution in [3.8, 4) is 0 Å². The lowest BCUT2D eigenvalue weighted by Crippen LogP contribution is -2.47. The minimum absolute atomic E-state index is 0.286. The molecule has 0 amide bonds. The molecular formula is C16H30N2O2. The molecule has 0 spiro atoms. The van der Waals surface area contributed by atoms with Gasteiger partial charge in [-0.05, 0) is 38.3 Å². The van der Waals surface area contributed by atoms with E-state index in [1.54, 1.807) is 0 Å². The monoisotopic (exact) mass is 282 g/mol. The summed E-state index contributed by atoms with van der Waals surface area (Å²) in [6.07, 6.45) is 8.71. The number of ether oxygens (including phenoxy) is 2. The van der Waals surface area contributed by atoms with Gasteiger partial charge in [-0.3, -0.25) is 4.90 Å². The van der Waals surface area contributed by atoms with Crippen LogP contribution in [-0.4, -0.2) is 63.0 Å². The summed E-state index contributed by atoms with van der Waals surface area (Å²) >= 11 is 0. The highest BCUT2D eigenvalue weighted by Crippen LogP contribution is 2.27. The van der Waals surface area contributed by atoms with Crippen molar-refractivity contribution in [1.29, 1.82) is 0 Å². The van der Waals surface area contributed by atoms with E-state index in [4.69, 9.17) is 9.47 Å². The zero-order valence-electron chi connectivity index (χ0n) is 12.7. The smallest absolute Gasteiger partial charge is 0.0936 e. The maximum atomic E-state index is 5.82. The molecule has 3 aliphatic rings. The number of nitrogens with one attached hydrogen (secondary N) is 1. The summed E-state index contributed by atoms with van der Waals surface area (Å²) < 4.78 is 11.3. The zero-order chi connectivity index (χ0) is 13.6. The van der Waals surface area contributed by atoms with E-state index >= 15 is 0 Å². The van der Waals surface area contributed by atoms with E-state index in [9.17, 15) is 0 Å². The van der Waals surface area contributed by atoms with E-state index in [0.717, 1.165) is 32.3 Å². The van der Waals surface area contributed by atoms with E-state index in [0.29, 0.717) is 6.04 Å². The van der Waals surface area contributed by atoms with Crippen LogP contribution in [0.15, 0.2) is 0 Å². The Labute approximate surface area is 123 Å². The van der Waals surface area contributed by atoms with Crippen LogP contribution in [0, 0.1) is 5.92 Å². The van der Waals surface area contributed by atoms with Gasteiger partial charge >= 0.3 is 0 Å². The Morgan fingerprint density at radius 1 is 1.05 bits per heavy atom. The van der Waals surface area contributed by atoms with E-state index in [1.165, 1.54) is 58.2 Å². The molecule has 2 unspecified atom stereocenters. The van der Waals surface area contributed by atoms with E-state index in [1.807, 2.05) is 0 Å². The fraction of sp³-hybridized carbons (Fsp3) is 1.00. The van der Waals surface area contributed by atoms with Crippen LogP contribution in [0.1, 0.15) is 38.5 Å². The average Bonchev–Trinajstić information content (AvgIpc) is 2.75. The second-order valence-corrected chi connectivity index (χ2v) is 6.64. The molecule has 1 aliphatic carbocycles. The molecule has 2 atom stereocenters. The summed E-state index contributed by atoms with van der Waals surface area (Å²) in [4.78, 5) is 2.61. The van der Waals surface area contributed by atoms with Crippen LogP contribution in [0.25, 0.3) is 0 Å². The van der Waals surface area contributed by atoms with E-state index < -0.39 is 0 Å². The van der Waals surface area contributed by atoms with Gasteiger partial charge in [-0.15, -0.1) is 0 Å². The molecule has 4 heteroatoms. The summed E-state index contributed by atoms with van der Waals surface area (Å²) in [7, 11) is 0. The van der Waals surface area contributed by atoms with Crippen molar-refractivity contribution in [2.45, 2.75) is 50.7 Å². The molecule has 2 heterocycles. The van der Waals surface area contributed by atoms with Crippen molar-refractivity contribution < 1.29 is 9.47 Å². The first-order chi connectivity index (χ1) is 9.92. The number of hydrogen-bond acceptors (Lipinski definition) is 4. The van der Waals surface area contributed by atoms with Gasteiger partial charge < -0.3 is 14.8 Å². The van der Waals surface area contributed by atoms with Gasteiger partial charge in [0.05, 0.1) is 25.9 Å². The zero-order valence-corrected chi connectivity index (χ0v) is 12.7. The molecule has 1 saturated carbocycles. The first-order valence-electron chi connectivity index (χ1n) is 8.57. The predicted octanol–water partition coefficient (Wildman–Crippen LogP) is 1.65. The fourth-order valence-electron chi connectivity index (χ4n) is 3.97. The lowest BCUT2D eigenvalue weighted by molar-refractivity contribution is -0.0978. The molecule has 0 aromatic rings. The lowest BCUT2D eigenvalue weighted by atomic mass is 9.83. The fourth-order valence-corrected chi connectivity index (χ4v) is 3.97. The molecule has 0 radical (unpaired) electrons. The first kappa shape index (κ1) is 14.8. The Balaban J connectivity index is 1.51. The third kappa shape index (κ3) is 4.17. The van der Waals surface area contributed by atoms with Gasteiger partial charge in [-0.25, -0.2) is 0 Å². The molecule has 2 saturated heterocycles. The van der Waals surface area contributed by atoms with Gasteiger partial charge in [0.2, 0.25) is 0 Å². The molecule has 1 N–H and O–H groups in total. The van der Waals surface area contributed by atoms with Crippen molar-refractivity contribution in [3.63, 3.8) is 0 Å². The maximum Gasteiger partial charge on any atom is 0.0936 e. The second-order valence-electron chi connectivity index (χ2n) is 6.64. The molecule has 3 fully saturated rings. The van der Waals surface area contributed by atoms with Gasteiger partial charge in [0, 0.05) is 19.1 Å². The molecule has 0 aromatic heterocycles. The quantitative estimate of drug-likeness (QED) is 0.853. The third-order valence-electron chi connectivity index (χ3n) is 5.08. The predicted molar refractivity (Wildman–Crippen MR) is 80.0 cm³/mol. The molecule has 0 aromatic carbocycles. The third-order valence-corrected chi connectivity index (χ3v) is 5.08. The van der Waals surface area contributed by atoms with Crippen LogP contribution in [0.2, 0.25) is 0 Å². The summed E-state index contributed by atoms with van der Waals surface area (Å²) in [5, 5.41) is 3.80. The number of hydrogen-bond donors (Lipinski definition) is 1. The minimum Gasteiger partial charge on any atom is -0.376 e. The number of rotatable bonds is 3. The highest BCUT2D eigenvalue weighted by Gasteiger charge is 2.28. The van der Waals surface area contributed by atoms with Crippen LogP contribution >= 0.6 is 0 Å². The van der Waals surface area contributed by atoms with Crippen LogP contribution < -0.4 is 5.32 Å². The van der Waals surface area contributed by atoms with Gasteiger partial charge in [-0.1, -0.05) is 19.3 Å².